The van der Waals surface area contributed by atoms with E-state index in [2.05, 4.69) is 4.98 Å². The van der Waals surface area contributed by atoms with E-state index >= 15 is 0 Å². The van der Waals surface area contributed by atoms with Crippen LogP contribution in [0.5, 0.6) is 0 Å². The van der Waals surface area contributed by atoms with Crippen LogP contribution in [0.25, 0.3) is 0 Å². The Balaban J connectivity index is 2.26. The van der Waals surface area contributed by atoms with Crippen LogP contribution >= 0.6 is 0 Å². The minimum Gasteiger partial charge on any atom is -0.461 e. The molecule has 1 aliphatic rings. The summed E-state index contributed by atoms with van der Waals surface area (Å²) in [6.07, 6.45) is 2.89. The molecule has 1 aromatic rings. The van der Waals surface area contributed by atoms with E-state index in [0.717, 1.165) is 19.3 Å². The highest BCUT2D eigenvalue weighted by molar-refractivity contribution is 6.06. The molecule has 1 heterocycles. The molecule has 25 heavy (non-hydrogen) atoms. The third kappa shape index (κ3) is 3.62. The zero-order valence-corrected chi connectivity index (χ0v) is 15.8. The Morgan fingerprint density at radius 3 is 2.36 bits per heavy atom. The fraction of sp³-hybridized carbons (Fsp3) is 0.632. The number of aryl methyl sites for hydroxylation is 1. The van der Waals surface area contributed by atoms with E-state index in [1.807, 2.05) is 6.92 Å². The van der Waals surface area contributed by atoms with Crippen molar-refractivity contribution in [1.82, 2.24) is 9.88 Å². The molecule has 1 aliphatic carbocycles. The summed E-state index contributed by atoms with van der Waals surface area (Å²) in [4.78, 5) is 42.3. The molecular weight excluding hydrogens is 320 g/mol. The van der Waals surface area contributed by atoms with Crippen LogP contribution in [0.3, 0.4) is 0 Å². The number of carbonyl (C=O) groups excluding carboxylic acids is 3. The summed E-state index contributed by atoms with van der Waals surface area (Å²) in [5, 5.41) is 0. The highest BCUT2D eigenvalue weighted by Gasteiger charge is 2.35. The van der Waals surface area contributed by atoms with E-state index in [9.17, 15) is 14.4 Å². The number of ketones is 1. The maximum atomic E-state index is 13.0. The van der Waals surface area contributed by atoms with Crippen molar-refractivity contribution in [2.45, 2.75) is 59.9 Å². The Kier molecular flexibility index (Phi) is 6.03. The molecule has 6 heteroatoms. The van der Waals surface area contributed by atoms with Crippen molar-refractivity contribution < 1.29 is 19.1 Å². The molecule has 138 valence electrons. The molecule has 1 amide bonds. The van der Waals surface area contributed by atoms with Crippen molar-refractivity contribution in [3.63, 3.8) is 0 Å². The normalized spacial score (nSPS) is 15.4. The molecule has 0 spiro atoms. The summed E-state index contributed by atoms with van der Waals surface area (Å²) in [6.45, 7) is 9.66. The number of amides is 1. The second-order valence-electron chi connectivity index (χ2n) is 6.64. The largest absolute Gasteiger partial charge is 0.461 e. The predicted molar refractivity (Wildman–Crippen MR) is 94.7 cm³/mol. The van der Waals surface area contributed by atoms with Crippen molar-refractivity contribution in [3.05, 3.63) is 22.5 Å². The molecule has 1 N–H and O–H groups in total. The maximum Gasteiger partial charge on any atom is 0.355 e. The summed E-state index contributed by atoms with van der Waals surface area (Å²) in [7, 11) is 0. The monoisotopic (exact) mass is 348 g/mol. The molecule has 2 rings (SSSR count). The van der Waals surface area contributed by atoms with Crippen LogP contribution in [-0.4, -0.2) is 46.7 Å². The van der Waals surface area contributed by atoms with Crippen LogP contribution < -0.4 is 0 Å². The zero-order chi connectivity index (χ0) is 18.7. The first-order valence-corrected chi connectivity index (χ1v) is 9.04. The van der Waals surface area contributed by atoms with Crippen molar-refractivity contribution in [3.8, 4) is 0 Å². The van der Waals surface area contributed by atoms with E-state index in [1.54, 1.807) is 32.6 Å². The first-order valence-electron chi connectivity index (χ1n) is 9.04. The minimum atomic E-state index is -0.554. The number of ether oxygens (including phenoxy) is 1. The highest BCUT2D eigenvalue weighted by Crippen LogP contribution is 2.30. The van der Waals surface area contributed by atoms with Gasteiger partial charge < -0.3 is 14.6 Å². The highest BCUT2D eigenvalue weighted by atomic mass is 16.5. The van der Waals surface area contributed by atoms with Gasteiger partial charge in [0.05, 0.1) is 12.6 Å². The van der Waals surface area contributed by atoms with Gasteiger partial charge >= 0.3 is 5.97 Å². The standard InChI is InChI=1S/C19H28N2O4/c1-6-21(18(23)14-9-8-10-14)13(5)17(22)15-11(3)16(20-12(15)4)19(24)25-7-2/h13-14,20H,6-10H2,1-5H3. The number of H-pyrrole nitrogens is 1. The molecule has 1 saturated carbocycles. The van der Waals surface area contributed by atoms with Crippen LogP contribution in [0.4, 0.5) is 0 Å². The Morgan fingerprint density at radius 2 is 1.88 bits per heavy atom. The van der Waals surface area contributed by atoms with Crippen LogP contribution in [0.2, 0.25) is 0 Å². The summed E-state index contributed by atoms with van der Waals surface area (Å²) in [5.41, 5.74) is 2.00. The molecule has 0 aliphatic heterocycles. The zero-order valence-electron chi connectivity index (χ0n) is 15.8. The molecule has 0 radical (unpaired) electrons. The molecule has 1 aromatic heterocycles. The van der Waals surface area contributed by atoms with Crippen LogP contribution in [-0.2, 0) is 9.53 Å². The smallest absolute Gasteiger partial charge is 0.355 e. The van der Waals surface area contributed by atoms with Gasteiger partial charge in [-0.1, -0.05) is 6.42 Å². The Labute approximate surface area is 148 Å². The lowest BCUT2D eigenvalue weighted by atomic mass is 9.84. The number of carbonyl (C=O) groups is 3. The van der Waals surface area contributed by atoms with Gasteiger partial charge in [0.1, 0.15) is 5.69 Å². The quantitative estimate of drug-likeness (QED) is 0.607. The summed E-state index contributed by atoms with van der Waals surface area (Å²) in [5.74, 6) is -0.492. The summed E-state index contributed by atoms with van der Waals surface area (Å²) < 4.78 is 5.03. The van der Waals surface area contributed by atoms with Crippen molar-refractivity contribution >= 4 is 17.7 Å². The molecule has 6 nitrogen and oxygen atoms in total. The molecular formula is C19H28N2O4. The van der Waals surface area contributed by atoms with Gasteiger partial charge in [-0.3, -0.25) is 9.59 Å². The van der Waals surface area contributed by atoms with Crippen molar-refractivity contribution in [1.29, 1.82) is 0 Å². The number of aromatic amines is 1. The number of likely N-dealkylation sites (N-methyl/N-ethyl adjacent to an activating group) is 1. The molecule has 1 fully saturated rings. The van der Waals surface area contributed by atoms with Gasteiger partial charge in [0.15, 0.2) is 5.78 Å². The predicted octanol–water partition coefficient (Wildman–Crippen LogP) is 3.03. The molecule has 1 atom stereocenters. The number of hydrogen-bond donors (Lipinski definition) is 1. The molecule has 0 aromatic carbocycles. The third-order valence-electron chi connectivity index (χ3n) is 5.09. The van der Waals surface area contributed by atoms with Gasteiger partial charge in [0, 0.05) is 23.7 Å². The number of hydrogen-bond acceptors (Lipinski definition) is 4. The average Bonchev–Trinajstić information content (AvgIpc) is 2.80. The first-order chi connectivity index (χ1) is 11.8. The second kappa shape index (κ2) is 7.85. The van der Waals surface area contributed by atoms with Gasteiger partial charge in [0.25, 0.3) is 0 Å². The van der Waals surface area contributed by atoms with Crippen molar-refractivity contribution in [2.24, 2.45) is 5.92 Å². The maximum absolute atomic E-state index is 13.0. The molecule has 0 bridgehead atoms. The topological polar surface area (TPSA) is 79.5 Å². The lowest BCUT2D eigenvalue weighted by molar-refractivity contribution is -0.139. The van der Waals surface area contributed by atoms with Crippen LogP contribution in [0.15, 0.2) is 0 Å². The Bertz CT molecular complexity index is 673. The van der Waals surface area contributed by atoms with Crippen LogP contribution in [0, 0.1) is 19.8 Å². The van der Waals surface area contributed by atoms with E-state index in [-0.39, 0.29) is 24.2 Å². The SMILES string of the molecule is CCOC(=O)c1[nH]c(C)c(C(=O)C(C)N(CC)C(=O)C2CCC2)c1C. The first kappa shape index (κ1) is 19.2. The fourth-order valence-electron chi connectivity index (χ4n) is 3.39. The summed E-state index contributed by atoms with van der Waals surface area (Å²) in [6, 6.07) is -0.554. The number of aromatic nitrogens is 1. The molecule has 0 saturated heterocycles. The number of Topliss-reactive ketones (excluding diaryl/α,β-unsaturated/α-hetero) is 1. The second-order valence-corrected chi connectivity index (χ2v) is 6.64. The minimum absolute atomic E-state index is 0.0544. The van der Waals surface area contributed by atoms with Gasteiger partial charge in [-0.2, -0.15) is 0 Å². The number of rotatable bonds is 7. The molecule has 1 unspecified atom stereocenters. The van der Waals surface area contributed by atoms with Crippen LogP contribution in [0.1, 0.15) is 72.1 Å². The summed E-state index contributed by atoms with van der Waals surface area (Å²) >= 11 is 0. The van der Waals surface area contributed by atoms with Gasteiger partial charge in [-0.15, -0.1) is 0 Å². The lowest BCUT2D eigenvalue weighted by Gasteiger charge is -2.34. The number of esters is 1. The lowest BCUT2D eigenvalue weighted by Crippen LogP contribution is -2.47. The van der Waals surface area contributed by atoms with Gasteiger partial charge in [-0.05, 0) is 53.0 Å². The van der Waals surface area contributed by atoms with E-state index in [1.165, 1.54) is 0 Å². The number of nitrogens with zero attached hydrogens (tertiary/aromatic N) is 1. The van der Waals surface area contributed by atoms with Crippen molar-refractivity contribution in [2.75, 3.05) is 13.2 Å². The number of nitrogens with one attached hydrogen (secondary N) is 1. The fourth-order valence-corrected chi connectivity index (χ4v) is 3.39. The van der Waals surface area contributed by atoms with Gasteiger partial charge in [-0.25, -0.2) is 4.79 Å². The third-order valence-corrected chi connectivity index (χ3v) is 5.09. The van der Waals surface area contributed by atoms with Gasteiger partial charge in [0.2, 0.25) is 5.91 Å². The average molecular weight is 348 g/mol. The van der Waals surface area contributed by atoms with E-state index in [0.29, 0.717) is 29.1 Å². The van der Waals surface area contributed by atoms with E-state index < -0.39 is 12.0 Å². The van der Waals surface area contributed by atoms with E-state index in [4.69, 9.17) is 4.74 Å². The Hall–Kier alpha value is -2.11. The Morgan fingerprint density at radius 1 is 1.24 bits per heavy atom.